The zero-order valence-corrected chi connectivity index (χ0v) is 20.6. The average Bonchev–Trinajstić information content (AvgIpc) is 3.48. The molecule has 0 amide bonds. The lowest BCUT2D eigenvalue weighted by atomic mass is 9.68. The van der Waals surface area contributed by atoms with Gasteiger partial charge < -0.3 is 14.8 Å². The van der Waals surface area contributed by atoms with Gasteiger partial charge in [-0.05, 0) is 86.6 Å². The van der Waals surface area contributed by atoms with E-state index in [1.165, 1.54) is 55.5 Å². The van der Waals surface area contributed by atoms with Crippen LogP contribution in [-0.2, 0) is 14.9 Å². The van der Waals surface area contributed by atoms with E-state index in [9.17, 15) is 0 Å². The third-order valence-corrected chi connectivity index (χ3v) is 10.1. The molecule has 6 rings (SSSR count). The van der Waals surface area contributed by atoms with Crippen molar-refractivity contribution in [1.29, 1.82) is 0 Å². The molecule has 2 saturated carbocycles. The second-order valence-electron chi connectivity index (χ2n) is 11.0. The molecule has 4 heterocycles. The van der Waals surface area contributed by atoms with Gasteiger partial charge in [0.15, 0.2) is 0 Å². The standard InChI is InChI=1S/C28H38N2O2S/c1-4-14-30-25(8-1)27(13-16-32-28(20-27)10-2-3-11-28)12-15-29-18-24-26-22(9-17-33-26)23(19-31-24)21-6-5-7-21/h1,4,8-9,14,17,21,23-24,29H,2-3,5-7,10-13,15-16,18-20H2/t23?,24?,27-/m1/s1. The number of pyridine rings is 1. The molecule has 2 unspecified atom stereocenters. The highest BCUT2D eigenvalue weighted by Gasteiger charge is 2.48. The molecule has 4 nitrogen and oxygen atoms in total. The van der Waals surface area contributed by atoms with Crippen LogP contribution in [0, 0.1) is 5.92 Å². The fourth-order valence-electron chi connectivity index (χ4n) is 7.02. The molecule has 178 valence electrons. The van der Waals surface area contributed by atoms with Gasteiger partial charge in [0.2, 0.25) is 0 Å². The second-order valence-corrected chi connectivity index (χ2v) is 11.9. The van der Waals surface area contributed by atoms with Gasteiger partial charge in [-0.3, -0.25) is 4.98 Å². The summed E-state index contributed by atoms with van der Waals surface area (Å²) in [6.07, 6.45) is 14.7. The van der Waals surface area contributed by atoms with Gasteiger partial charge in [0.1, 0.15) is 6.10 Å². The van der Waals surface area contributed by atoms with Gasteiger partial charge >= 0.3 is 0 Å². The Morgan fingerprint density at radius 3 is 2.79 bits per heavy atom. The molecule has 2 aromatic heterocycles. The van der Waals surface area contributed by atoms with Crippen molar-refractivity contribution < 1.29 is 9.47 Å². The van der Waals surface area contributed by atoms with Crippen LogP contribution in [0.25, 0.3) is 0 Å². The molecule has 3 atom stereocenters. The number of nitrogens with one attached hydrogen (secondary N) is 1. The van der Waals surface area contributed by atoms with Crippen LogP contribution in [0.5, 0.6) is 0 Å². The molecule has 2 aromatic rings. The van der Waals surface area contributed by atoms with Crippen LogP contribution in [0.1, 0.15) is 92.4 Å². The first-order valence-electron chi connectivity index (χ1n) is 13.2. The molecule has 5 heteroatoms. The smallest absolute Gasteiger partial charge is 0.104 e. The Morgan fingerprint density at radius 2 is 2.00 bits per heavy atom. The van der Waals surface area contributed by atoms with Crippen molar-refractivity contribution >= 4 is 11.3 Å². The minimum atomic E-state index is 0.0880. The van der Waals surface area contributed by atoms with Crippen molar-refractivity contribution in [2.24, 2.45) is 5.92 Å². The number of rotatable bonds is 7. The number of thiophene rings is 1. The fourth-order valence-corrected chi connectivity index (χ4v) is 8.04. The summed E-state index contributed by atoms with van der Waals surface area (Å²) in [5, 5.41) is 6.07. The topological polar surface area (TPSA) is 43.4 Å². The lowest BCUT2D eigenvalue weighted by Crippen LogP contribution is -2.47. The van der Waals surface area contributed by atoms with Crippen LogP contribution < -0.4 is 5.32 Å². The molecule has 0 radical (unpaired) electrons. The highest BCUT2D eigenvalue weighted by molar-refractivity contribution is 7.10. The van der Waals surface area contributed by atoms with Crippen LogP contribution in [0.4, 0.5) is 0 Å². The second kappa shape index (κ2) is 9.41. The van der Waals surface area contributed by atoms with E-state index in [1.54, 1.807) is 5.56 Å². The van der Waals surface area contributed by atoms with Crippen molar-refractivity contribution in [1.82, 2.24) is 10.3 Å². The molecule has 4 aliphatic rings. The minimum absolute atomic E-state index is 0.0880. The van der Waals surface area contributed by atoms with E-state index in [2.05, 4.69) is 28.9 Å². The lowest BCUT2D eigenvalue weighted by Gasteiger charge is -2.46. The maximum Gasteiger partial charge on any atom is 0.104 e. The van der Waals surface area contributed by atoms with Crippen LogP contribution in [0.2, 0.25) is 0 Å². The van der Waals surface area contributed by atoms with Gasteiger partial charge in [0.05, 0.1) is 12.2 Å². The lowest BCUT2D eigenvalue weighted by molar-refractivity contribution is -0.104. The van der Waals surface area contributed by atoms with Gasteiger partial charge in [-0.15, -0.1) is 11.3 Å². The predicted molar refractivity (Wildman–Crippen MR) is 133 cm³/mol. The van der Waals surface area contributed by atoms with Crippen LogP contribution >= 0.6 is 11.3 Å². The van der Waals surface area contributed by atoms with E-state index in [0.717, 1.165) is 51.5 Å². The zero-order chi connectivity index (χ0) is 22.1. The summed E-state index contributed by atoms with van der Waals surface area (Å²) >= 11 is 1.89. The summed E-state index contributed by atoms with van der Waals surface area (Å²) < 4.78 is 12.8. The Kier molecular flexibility index (Phi) is 6.33. The first kappa shape index (κ1) is 22.2. The molecule has 33 heavy (non-hydrogen) atoms. The molecule has 1 spiro atoms. The molecule has 1 saturated heterocycles. The Morgan fingerprint density at radius 1 is 1.09 bits per heavy atom. The number of fused-ring (bicyclic) bond motifs is 1. The minimum Gasteiger partial charge on any atom is -0.375 e. The number of ether oxygens (including phenoxy) is 2. The zero-order valence-electron chi connectivity index (χ0n) is 19.8. The Balaban J connectivity index is 1.11. The Bertz CT molecular complexity index is 921. The van der Waals surface area contributed by atoms with Gasteiger partial charge in [-0.1, -0.05) is 25.3 Å². The molecular weight excluding hydrogens is 428 g/mol. The van der Waals surface area contributed by atoms with E-state index in [-0.39, 0.29) is 17.1 Å². The van der Waals surface area contributed by atoms with E-state index in [1.807, 2.05) is 23.6 Å². The van der Waals surface area contributed by atoms with Crippen molar-refractivity contribution in [3.8, 4) is 0 Å². The van der Waals surface area contributed by atoms with E-state index >= 15 is 0 Å². The summed E-state index contributed by atoms with van der Waals surface area (Å²) in [5.41, 5.74) is 3.05. The molecule has 0 aromatic carbocycles. The number of nitrogens with zero attached hydrogens (tertiary/aromatic N) is 1. The quantitative estimate of drug-likeness (QED) is 0.498. The van der Waals surface area contributed by atoms with Gasteiger partial charge in [-0.25, -0.2) is 0 Å². The maximum absolute atomic E-state index is 6.43. The number of hydrogen-bond acceptors (Lipinski definition) is 5. The number of aromatic nitrogens is 1. The number of hydrogen-bond donors (Lipinski definition) is 1. The average molecular weight is 467 g/mol. The summed E-state index contributed by atoms with van der Waals surface area (Å²) in [7, 11) is 0. The first-order valence-corrected chi connectivity index (χ1v) is 14.1. The van der Waals surface area contributed by atoms with Gasteiger partial charge in [0.25, 0.3) is 0 Å². The molecule has 2 aliphatic heterocycles. The highest BCUT2D eigenvalue weighted by Crippen LogP contribution is 2.50. The molecule has 1 N–H and O–H groups in total. The highest BCUT2D eigenvalue weighted by atomic mass is 32.1. The normalized spacial score (nSPS) is 31.4. The Hall–Kier alpha value is -1.27. The fraction of sp³-hybridized carbons (Fsp3) is 0.679. The first-order chi connectivity index (χ1) is 16.3. The third-order valence-electron chi connectivity index (χ3n) is 9.10. The van der Waals surface area contributed by atoms with E-state index in [4.69, 9.17) is 14.5 Å². The van der Waals surface area contributed by atoms with Crippen molar-refractivity contribution in [3.63, 3.8) is 0 Å². The van der Waals surface area contributed by atoms with Crippen molar-refractivity contribution in [2.75, 3.05) is 26.3 Å². The largest absolute Gasteiger partial charge is 0.375 e. The van der Waals surface area contributed by atoms with E-state index < -0.39 is 0 Å². The van der Waals surface area contributed by atoms with Crippen LogP contribution in [-0.4, -0.2) is 36.9 Å². The third kappa shape index (κ3) is 4.31. The molecule has 0 bridgehead atoms. The molecule has 3 fully saturated rings. The van der Waals surface area contributed by atoms with Crippen LogP contribution in [0.3, 0.4) is 0 Å². The maximum atomic E-state index is 6.43. The monoisotopic (exact) mass is 466 g/mol. The summed E-state index contributed by atoms with van der Waals surface area (Å²) in [4.78, 5) is 6.33. The van der Waals surface area contributed by atoms with Crippen molar-refractivity contribution in [2.45, 2.75) is 87.2 Å². The van der Waals surface area contributed by atoms with Gasteiger partial charge in [-0.2, -0.15) is 0 Å². The van der Waals surface area contributed by atoms with Crippen molar-refractivity contribution in [3.05, 3.63) is 52.0 Å². The van der Waals surface area contributed by atoms with Crippen LogP contribution in [0.15, 0.2) is 35.8 Å². The SMILES string of the molecule is c1ccc([C@]2(CCNCC3OCC(C4CCC4)c4ccsc43)CCOC3(CCCC3)C2)nc1. The summed E-state index contributed by atoms with van der Waals surface area (Å²) in [6, 6.07) is 8.81. The Labute approximate surface area is 202 Å². The summed E-state index contributed by atoms with van der Waals surface area (Å²) in [6.45, 7) is 3.67. The molecule has 2 aliphatic carbocycles. The van der Waals surface area contributed by atoms with Gasteiger partial charge in [0, 0.05) is 41.3 Å². The summed E-state index contributed by atoms with van der Waals surface area (Å²) in [5.74, 6) is 1.48. The van der Waals surface area contributed by atoms with E-state index in [0.29, 0.717) is 5.92 Å². The molecular formula is C28H38N2O2S. The predicted octanol–water partition coefficient (Wildman–Crippen LogP) is 6.14.